The van der Waals surface area contributed by atoms with Gasteiger partial charge in [0, 0.05) is 0 Å². The van der Waals surface area contributed by atoms with Gasteiger partial charge in [0.2, 0.25) is 0 Å². The van der Waals surface area contributed by atoms with Gasteiger partial charge in [-0.1, -0.05) is 190 Å². The summed E-state index contributed by atoms with van der Waals surface area (Å²) in [4.78, 5) is 4.46. The number of nitrogens with zero attached hydrogens (tertiary/aromatic N) is 2. The first-order valence-corrected chi connectivity index (χ1v) is 36.0. The third-order valence-electron chi connectivity index (χ3n) is 20.4. The van der Waals surface area contributed by atoms with Crippen molar-refractivity contribution in [3.8, 4) is 89.4 Å². The van der Waals surface area contributed by atoms with Gasteiger partial charge in [-0.25, -0.2) is 0 Å². The second-order valence-corrected chi connectivity index (χ2v) is 30.9. The van der Waals surface area contributed by atoms with Crippen molar-refractivity contribution >= 4 is 101 Å². The van der Waals surface area contributed by atoms with Crippen molar-refractivity contribution in [2.75, 3.05) is 9.80 Å². The molecule has 0 saturated heterocycles. The molecule has 3 aliphatic rings. The first kappa shape index (κ1) is 54.0. The van der Waals surface area contributed by atoms with Gasteiger partial charge in [-0.3, -0.25) is 0 Å². The summed E-state index contributed by atoms with van der Waals surface area (Å²) in [5.41, 5.74) is 15.8. The molecule has 1 radical (unpaired) electrons. The topological polar surface area (TPSA) is 15.7 Å². The van der Waals surface area contributed by atoms with Crippen LogP contribution in [-0.4, -0.2) is 29.4 Å². The second-order valence-electron chi connectivity index (χ2n) is 30.1. The summed E-state index contributed by atoms with van der Waals surface area (Å²) in [7, 11) is 0. The van der Waals surface area contributed by atoms with Crippen LogP contribution in [0.15, 0.2) is 315 Å². The van der Waals surface area contributed by atoms with E-state index in [0.29, 0.717) is 56.1 Å². The summed E-state index contributed by atoms with van der Waals surface area (Å²) in [6.45, 7) is 17.3. The van der Waals surface area contributed by atoms with Crippen LogP contribution in [0.5, 0.6) is 11.5 Å². The first-order chi connectivity index (χ1) is 53.6. The van der Waals surface area contributed by atoms with E-state index in [1.165, 1.54) is 0 Å². The summed E-state index contributed by atoms with van der Waals surface area (Å²) in [5, 5.41) is 0. The van der Waals surface area contributed by atoms with Crippen LogP contribution in [0.4, 0.5) is 34.1 Å². The van der Waals surface area contributed by atoms with Gasteiger partial charge in [-0.15, -0.1) is 0 Å². The molecular formula is C96H79B2N2OSe. The maximum atomic E-state index is 11.6. The Hall–Kier alpha value is -10.9. The molecular weight excluding hydrogens is 1300 g/mol. The van der Waals surface area contributed by atoms with Crippen molar-refractivity contribution in [1.29, 1.82) is 0 Å². The molecule has 0 bridgehead atoms. The Morgan fingerprint density at radius 3 is 1.05 bits per heavy atom. The molecule has 0 atom stereocenters. The Balaban J connectivity index is 1.13. The average molecular weight is 1390 g/mol. The van der Waals surface area contributed by atoms with E-state index in [-0.39, 0.29) is 115 Å². The fraction of sp³-hybridized carbons (Fsp3) is 0.125. The third kappa shape index (κ3) is 11.3. The van der Waals surface area contributed by atoms with E-state index in [1.54, 1.807) is 18.2 Å². The number of rotatable bonds is 10. The van der Waals surface area contributed by atoms with Crippen LogP contribution in [0.25, 0.3) is 77.9 Å². The molecule has 102 heavy (non-hydrogen) atoms. The van der Waals surface area contributed by atoms with E-state index in [4.69, 9.17) is 4.74 Å². The van der Waals surface area contributed by atoms with E-state index in [0.717, 1.165) is 66.9 Å². The minimum absolute atomic E-state index is 0.0229. The molecule has 0 fully saturated rings. The van der Waals surface area contributed by atoms with Crippen LogP contribution >= 0.6 is 0 Å². The molecule has 0 amide bonds. The molecule has 0 saturated carbocycles. The van der Waals surface area contributed by atoms with Gasteiger partial charge >= 0.3 is 400 Å². The molecule has 3 aliphatic heterocycles. The van der Waals surface area contributed by atoms with Gasteiger partial charge in [-0.05, 0) is 39.7 Å². The van der Waals surface area contributed by atoms with E-state index >= 15 is 0 Å². The molecule has 0 N–H and O–H groups in total. The van der Waals surface area contributed by atoms with E-state index in [9.17, 15) is 13.7 Å². The SMILES string of the molecule is [2H]c1cc2c(c3c1N(c1c(-c4ccccc4)cc(C(C)(C)C)cc1-c1ccccc1)c1cc(C(C)(C)C)cc4c1B3c1c([2H])c([2H])c(-c3ccccc3)c([2H])c1N4c1c(-c3ccccc3)cc(C(C)(C)C)cc1-c1ccccc1)Oc1c([2H])c(-c3ccccc3)c([2H])c([2H])c1B2c1c([2H])c([2H])c(-c2ccccc2)c([2H])c1[Se]. The van der Waals surface area contributed by atoms with E-state index < -0.39 is 29.7 Å². The number of hydrogen-bond donors (Lipinski definition) is 0. The number of anilines is 6. The quantitative estimate of drug-likeness (QED) is 0.127. The summed E-state index contributed by atoms with van der Waals surface area (Å²) >= 11 is 3.20. The van der Waals surface area contributed by atoms with Gasteiger partial charge in [0.05, 0.1) is 0 Å². The Kier molecular flexibility index (Phi) is 13.4. The Bertz CT molecular complexity index is 6000. The standard InChI is InChI=1S/C96H79B2N2OSe/c1-94(2,3)72-56-75(65-37-23-13-24-38-65)91(76(57-72)66-39-25-14-26-40-66)99-83-52-51-82-93(101-87-54-70(63-33-19-11-20-34-63)46-49-80(87)97(82)81-50-47-71(55-88(81)102)64-35-21-12-22-36-64)90(83)98-79-48-45-69(62-31-17-10-18-32-62)53-84(79)100(86-61-74(96(7,8)9)60-85(99)89(86)98)92-77(67-41-27-15-28-42-67)58-73(95(4,5)6)59-78(92)68-43-29-16-30-44-68/h10-61H,1-9H3/i45D,46D,47D,48D,49D,50D,52D,53D,54D,55D. The molecule has 0 unspecified atom stereocenters. The van der Waals surface area contributed by atoms with Crippen molar-refractivity contribution in [1.82, 2.24) is 0 Å². The van der Waals surface area contributed by atoms with Crippen LogP contribution in [-0.2, 0) is 16.2 Å². The predicted molar refractivity (Wildman–Crippen MR) is 438 cm³/mol. The Labute approximate surface area is 625 Å². The van der Waals surface area contributed by atoms with Crippen LogP contribution in [0.3, 0.4) is 0 Å². The fourth-order valence-electron chi connectivity index (χ4n) is 15.0. The summed E-state index contributed by atoms with van der Waals surface area (Å²) in [6.07, 6.45) is 0. The van der Waals surface area contributed by atoms with Crippen molar-refractivity contribution in [3.63, 3.8) is 0 Å². The Morgan fingerprint density at radius 1 is 0.304 bits per heavy atom. The molecule has 3 nitrogen and oxygen atoms in total. The average Bonchev–Trinajstić information content (AvgIpc) is 0.668. The van der Waals surface area contributed by atoms with Crippen LogP contribution in [0.2, 0.25) is 0 Å². The summed E-state index contributed by atoms with van der Waals surface area (Å²) in [5.74, 6) is 0.0156. The van der Waals surface area contributed by atoms with E-state index in [1.807, 2.05) is 152 Å². The molecule has 0 aromatic heterocycles. The van der Waals surface area contributed by atoms with E-state index in [2.05, 4.69) is 173 Å². The van der Waals surface area contributed by atoms with Gasteiger partial charge in [0.1, 0.15) is 0 Å². The third-order valence-corrected chi connectivity index (χ3v) is 21.0. The Morgan fingerprint density at radius 2 is 0.647 bits per heavy atom. The minimum atomic E-state index is -1.37. The zero-order valence-corrected chi connectivity index (χ0v) is 60.3. The van der Waals surface area contributed by atoms with Gasteiger partial charge in [0.25, 0.3) is 0 Å². The van der Waals surface area contributed by atoms with Gasteiger partial charge in [0.15, 0.2) is 0 Å². The van der Waals surface area contributed by atoms with Gasteiger partial charge in [-0.2, -0.15) is 0 Å². The molecule has 14 aromatic rings. The monoisotopic (exact) mass is 1390 g/mol. The predicted octanol–water partition coefficient (Wildman–Crippen LogP) is 20.7. The molecule has 0 spiro atoms. The molecule has 491 valence electrons. The number of fused-ring (bicyclic) bond motifs is 7. The first-order valence-electron chi connectivity index (χ1n) is 40.1. The summed E-state index contributed by atoms with van der Waals surface area (Å²) < 4.78 is 115. The maximum absolute atomic E-state index is 11.6. The van der Waals surface area contributed by atoms with Gasteiger partial charge < -0.3 is 0 Å². The molecule has 14 aromatic carbocycles. The molecule has 17 rings (SSSR count). The van der Waals surface area contributed by atoms with Crippen LogP contribution in [0, 0.1) is 0 Å². The fourth-order valence-corrected chi connectivity index (χ4v) is 15.6. The second kappa shape index (κ2) is 25.3. The number of ether oxygens (including phenoxy) is 1. The normalized spacial score (nSPS) is 14.4. The van der Waals surface area contributed by atoms with Crippen molar-refractivity contribution in [3.05, 3.63) is 332 Å². The zero-order chi connectivity index (χ0) is 78.5. The zero-order valence-electron chi connectivity index (χ0n) is 68.6. The molecule has 6 heteroatoms. The number of benzene rings is 14. The number of hydrogen-bond acceptors (Lipinski definition) is 3. The van der Waals surface area contributed by atoms with Crippen LogP contribution in [0.1, 0.15) is 92.7 Å². The van der Waals surface area contributed by atoms with Crippen molar-refractivity contribution in [2.24, 2.45) is 0 Å². The van der Waals surface area contributed by atoms with Crippen LogP contribution < -0.4 is 51.8 Å². The summed E-state index contributed by atoms with van der Waals surface area (Å²) in [6, 6.07) is 82.4. The molecule has 0 aliphatic carbocycles. The molecule has 3 heterocycles. The van der Waals surface area contributed by atoms with Crippen molar-refractivity contribution in [2.45, 2.75) is 78.6 Å². The van der Waals surface area contributed by atoms with Crippen molar-refractivity contribution < 1.29 is 18.4 Å².